The molecule has 0 spiro atoms. The molecule has 2 aliphatic rings. The minimum Gasteiger partial charge on any atom is -0.354 e. The summed E-state index contributed by atoms with van der Waals surface area (Å²) in [6, 6.07) is 24.1. The monoisotopic (exact) mass is 449 g/mol. The largest absolute Gasteiger partial charge is 0.354 e. The van der Waals surface area contributed by atoms with Crippen LogP contribution in [0.4, 0.5) is 0 Å². The Hall–Kier alpha value is -3.86. The van der Waals surface area contributed by atoms with Crippen LogP contribution < -0.4 is 0 Å². The Kier molecular flexibility index (Phi) is 4.98. The molecule has 0 bridgehead atoms. The van der Waals surface area contributed by atoms with Crippen molar-refractivity contribution in [1.82, 2.24) is 14.8 Å². The molecule has 5 heteroatoms. The van der Waals surface area contributed by atoms with Crippen LogP contribution in [0, 0.1) is 6.92 Å². The van der Waals surface area contributed by atoms with Crippen molar-refractivity contribution in [3.63, 3.8) is 0 Å². The van der Waals surface area contributed by atoms with Gasteiger partial charge in [-0.05, 0) is 43.0 Å². The fourth-order valence-corrected chi connectivity index (χ4v) is 5.45. The highest BCUT2D eigenvalue weighted by atomic mass is 16.2. The van der Waals surface area contributed by atoms with Crippen molar-refractivity contribution in [2.24, 2.45) is 0 Å². The van der Waals surface area contributed by atoms with E-state index in [-0.39, 0.29) is 24.4 Å². The molecule has 1 aromatic heterocycles. The highest BCUT2D eigenvalue weighted by molar-refractivity contribution is 6.03. The number of likely N-dealkylation sites (tertiary alicyclic amines) is 1. The second kappa shape index (κ2) is 8.17. The summed E-state index contributed by atoms with van der Waals surface area (Å²) in [4.78, 5) is 34.1. The van der Waals surface area contributed by atoms with E-state index < -0.39 is 0 Å². The molecule has 1 N–H and O–H groups in total. The van der Waals surface area contributed by atoms with Crippen molar-refractivity contribution in [2.75, 3.05) is 19.6 Å². The highest BCUT2D eigenvalue weighted by Crippen LogP contribution is 2.45. The van der Waals surface area contributed by atoms with E-state index in [4.69, 9.17) is 0 Å². The van der Waals surface area contributed by atoms with E-state index in [2.05, 4.69) is 48.3 Å². The molecule has 3 aromatic carbocycles. The van der Waals surface area contributed by atoms with E-state index in [0.717, 1.165) is 59.2 Å². The normalized spacial score (nSPS) is 17.6. The Bertz CT molecular complexity index is 1400. The number of nitrogens with zero attached hydrogens (tertiary/aromatic N) is 2. The Balaban J connectivity index is 1.54. The number of nitrogens with one attached hydrogen (secondary N) is 1. The molecule has 0 saturated carbocycles. The minimum absolute atomic E-state index is 0.0281. The predicted molar refractivity (Wildman–Crippen MR) is 134 cm³/mol. The number of carbonyl (C=O) groups is 2. The maximum atomic E-state index is 13.6. The van der Waals surface area contributed by atoms with Gasteiger partial charge in [0.15, 0.2) is 0 Å². The maximum Gasteiger partial charge on any atom is 0.255 e. The third-order valence-corrected chi connectivity index (χ3v) is 7.18. The first kappa shape index (κ1) is 20.7. The first-order chi connectivity index (χ1) is 16.6. The van der Waals surface area contributed by atoms with Crippen LogP contribution in [0.3, 0.4) is 0 Å². The number of fused-ring (bicyclic) bond motifs is 2. The maximum absolute atomic E-state index is 13.6. The number of carbonyl (C=O) groups excluding carboxylic acids is 2. The molecule has 1 atom stereocenters. The molecule has 0 aliphatic carbocycles. The number of amides is 2. The average molecular weight is 450 g/mol. The molecule has 1 fully saturated rings. The zero-order valence-corrected chi connectivity index (χ0v) is 19.3. The van der Waals surface area contributed by atoms with Crippen molar-refractivity contribution in [3.05, 3.63) is 95.1 Å². The van der Waals surface area contributed by atoms with Crippen molar-refractivity contribution in [1.29, 1.82) is 0 Å². The fourth-order valence-electron chi connectivity index (χ4n) is 5.45. The average Bonchev–Trinajstić information content (AvgIpc) is 3.58. The van der Waals surface area contributed by atoms with Crippen LogP contribution in [0.25, 0.3) is 22.2 Å². The minimum atomic E-state index is -0.331. The van der Waals surface area contributed by atoms with Gasteiger partial charge < -0.3 is 14.8 Å². The molecular formula is C29H27N3O2. The molecule has 1 saturated heterocycles. The van der Waals surface area contributed by atoms with Gasteiger partial charge >= 0.3 is 0 Å². The standard InChI is InChI=1S/C29H27N3O2/c1-19-12-14-20(15-13-19)27-26(23-10-4-5-11-24(23)30-27)28-21-8-2-3-9-22(21)29(34)32(28)18-25(33)31-16-6-7-17-31/h2-5,8-15,28,30H,6-7,16-18H2,1H3/t28-/m1/s1. The van der Waals surface area contributed by atoms with Crippen LogP contribution in [-0.4, -0.2) is 46.2 Å². The molecule has 3 heterocycles. The number of aromatic nitrogens is 1. The lowest BCUT2D eigenvalue weighted by molar-refractivity contribution is -0.131. The van der Waals surface area contributed by atoms with Gasteiger partial charge in [-0.15, -0.1) is 0 Å². The van der Waals surface area contributed by atoms with Crippen LogP contribution in [0.5, 0.6) is 0 Å². The van der Waals surface area contributed by atoms with Crippen LogP contribution in [0.15, 0.2) is 72.8 Å². The van der Waals surface area contributed by atoms with Gasteiger partial charge in [0, 0.05) is 35.1 Å². The molecule has 2 amide bonds. The lowest BCUT2D eigenvalue weighted by atomic mass is 9.93. The Labute approximate surface area is 199 Å². The third kappa shape index (κ3) is 3.31. The molecule has 6 rings (SSSR count). The lowest BCUT2D eigenvalue weighted by Crippen LogP contribution is -2.41. The smallest absolute Gasteiger partial charge is 0.255 e. The first-order valence-corrected chi connectivity index (χ1v) is 12.0. The summed E-state index contributed by atoms with van der Waals surface area (Å²) in [6.45, 7) is 3.72. The topological polar surface area (TPSA) is 56.4 Å². The number of hydrogen-bond donors (Lipinski definition) is 1. The van der Waals surface area contributed by atoms with Crippen molar-refractivity contribution in [3.8, 4) is 11.3 Å². The van der Waals surface area contributed by atoms with Gasteiger partial charge in [0.25, 0.3) is 5.91 Å². The Morgan fingerprint density at radius 2 is 1.65 bits per heavy atom. The number of para-hydroxylation sites is 1. The molecule has 34 heavy (non-hydrogen) atoms. The van der Waals surface area contributed by atoms with Gasteiger partial charge in [0.2, 0.25) is 5.91 Å². The summed E-state index contributed by atoms with van der Waals surface area (Å²) >= 11 is 0. The molecule has 0 unspecified atom stereocenters. The van der Waals surface area contributed by atoms with Gasteiger partial charge in [-0.3, -0.25) is 9.59 Å². The van der Waals surface area contributed by atoms with Crippen LogP contribution in [-0.2, 0) is 4.79 Å². The van der Waals surface area contributed by atoms with E-state index in [1.807, 2.05) is 41.3 Å². The SMILES string of the molecule is Cc1ccc(-c2[nH]c3ccccc3c2[C@H]2c3ccccc3C(=O)N2CC(=O)N2CCCC2)cc1. The number of rotatable bonds is 4. The number of H-pyrrole nitrogens is 1. The summed E-state index contributed by atoms with van der Waals surface area (Å²) in [5.41, 5.74) is 6.97. The second-order valence-corrected chi connectivity index (χ2v) is 9.34. The van der Waals surface area contributed by atoms with Gasteiger partial charge in [-0.2, -0.15) is 0 Å². The first-order valence-electron chi connectivity index (χ1n) is 12.0. The fraction of sp³-hybridized carbons (Fsp3) is 0.241. The zero-order chi connectivity index (χ0) is 23.2. The number of aryl methyl sites for hydroxylation is 1. The highest BCUT2D eigenvalue weighted by Gasteiger charge is 2.41. The zero-order valence-electron chi connectivity index (χ0n) is 19.3. The molecule has 4 aromatic rings. The van der Waals surface area contributed by atoms with Gasteiger partial charge in [-0.1, -0.05) is 66.2 Å². The number of benzene rings is 3. The summed E-state index contributed by atoms with van der Waals surface area (Å²) in [5, 5.41) is 1.08. The van der Waals surface area contributed by atoms with E-state index in [1.165, 1.54) is 5.56 Å². The molecular weight excluding hydrogens is 422 g/mol. The Morgan fingerprint density at radius 1 is 0.941 bits per heavy atom. The van der Waals surface area contributed by atoms with Gasteiger partial charge in [0.05, 0.1) is 11.7 Å². The molecule has 2 aliphatic heterocycles. The molecule has 170 valence electrons. The summed E-state index contributed by atoms with van der Waals surface area (Å²) in [5.74, 6) is -0.0475. The lowest BCUT2D eigenvalue weighted by Gasteiger charge is -2.28. The predicted octanol–water partition coefficient (Wildman–Crippen LogP) is 5.31. The number of aromatic amines is 1. The van der Waals surface area contributed by atoms with Gasteiger partial charge in [-0.25, -0.2) is 0 Å². The number of hydrogen-bond acceptors (Lipinski definition) is 2. The van der Waals surface area contributed by atoms with E-state index in [0.29, 0.717) is 5.56 Å². The quantitative estimate of drug-likeness (QED) is 0.459. The van der Waals surface area contributed by atoms with Crippen LogP contribution in [0.1, 0.15) is 45.9 Å². The van der Waals surface area contributed by atoms with E-state index in [1.54, 1.807) is 4.90 Å². The van der Waals surface area contributed by atoms with Crippen LogP contribution >= 0.6 is 0 Å². The van der Waals surface area contributed by atoms with Crippen molar-refractivity contribution < 1.29 is 9.59 Å². The van der Waals surface area contributed by atoms with Crippen LogP contribution in [0.2, 0.25) is 0 Å². The van der Waals surface area contributed by atoms with E-state index in [9.17, 15) is 9.59 Å². The third-order valence-electron chi connectivity index (χ3n) is 7.18. The molecule has 0 radical (unpaired) electrons. The van der Waals surface area contributed by atoms with Crippen molar-refractivity contribution in [2.45, 2.75) is 25.8 Å². The summed E-state index contributed by atoms with van der Waals surface area (Å²) < 4.78 is 0. The summed E-state index contributed by atoms with van der Waals surface area (Å²) in [7, 11) is 0. The molecule has 5 nitrogen and oxygen atoms in total. The van der Waals surface area contributed by atoms with Gasteiger partial charge in [0.1, 0.15) is 6.54 Å². The summed E-state index contributed by atoms with van der Waals surface area (Å²) in [6.07, 6.45) is 2.06. The second-order valence-electron chi connectivity index (χ2n) is 9.34. The van der Waals surface area contributed by atoms with E-state index >= 15 is 0 Å². The van der Waals surface area contributed by atoms with Crippen molar-refractivity contribution >= 4 is 22.7 Å². The Morgan fingerprint density at radius 3 is 2.44 bits per heavy atom.